The van der Waals surface area contributed by atoms with Crippen molar-refractivity contribution in [2.24, 2.45) is 5.92 Å². The molecule has 17 heavy (non-hydrogen) atoms. The minimum Gasteiger partial charge on any atom is -0.393 e. The largest absolute Gasteiger partial charge is 0.393 e. The molecule has 1 N–H and O–H groups in total. The number of nitrogens with zero attached hydrogens (tertiary/aromatic N) is 1. The van der Waals surface area contributed by atoms with Gasteiger partial charge in [-0.2, -0.15) is 0 Å². The summed E-state index contributed by atoms with van der Waals surface area (Å²) in [4.78, 5) is 13.7. The molecule has 0 aromatic heterocycles. The fourth-order valence-electron chi connectivity index (χ4n) is 2.00. The number of hydrogen-bond acceptors (Lipinski definition) is 3. The number of likely N-dealkylation sites (tertiary alicyclic amines) is 1. The lowest BCUT2D eigenvalue weighted by atomic mass is 9.92. The molecule has 0 aromatic rings. The van der Waals surface area contributed by atoms with Crippen molar-refractivity contribution in [1.29, 1.82) is 0 Å². The Morgan fingerprint density at radius 3 is 2.35 bits per heavy atom. The Morgan fingerprint density at radius 1 is 1.41 bits per heavy atom. The summed E-state index contributed by atoms with van der Waals surface area (Å²) >= 11 is 0. The highest BCUT2D eigenvalue weighted by atomic mass is 16.5. The average molecular weight is 243 g/mol. The quantitative estimate of drug-likeness (QED) is 0.815. The van der Waals surface area contributed by atoms with E-state index in [4.69, 9.17) is 4.74 Å². The van der Waals surface area contributed by atoms with Crippen LogP contribution in [0.1, 0.15) is 40.5 Å². The third-order valence-electron chi connectivity index (χ3n) is 3.20. The molecule has 1 atom stereocenters. The van der Waals surface area contributed by atoms with E-state index in [9.17, 15) is 9.90 Å². The lowest BCUT2D eigenvalue weighted by molar-refractivity contribution is -0.142. The fraction of sp³-hybridized carbons (Fsp3) is 0.923. The Kier molecular flexibility index (Phi) is 4.95. The highest BCUT2D eigenvalue weighted by Crippen LogP contribution is 2.20. The molecule has 1 fully saturated rings. The van der Waals surface area contributed by atoms with Crippen LogP contribution in [0.4, 0.5) is 0 Å². The number of ether oxygens (including phenoxy) is 1. The van der Waals surface area contributed by atoms with E-state index in [0.29, 0.717) is 5.92 Å². The predicted octanol–water partition coefficient (Wildman–Crippen LogP) is 1.42. The summed E-state index contributed by atoms with van der Waals surface area (Å²) in [6.07, 6.45) is 1.51. The highest BCUT2D eigenvalue weighted by molar-refractivity contribution is 5.77. The van der Waals surface area contributed by atoms with Crippen LogP contribution in [0, 0.1) is 5.92 Å². The van der Waals surface area contributed by atoms with Crippen LogP contribution in [0.3, 0.4) is 0 Å². The minimum absolute atomic E-state index is 0.0592. The van der Waals surface area contributed by atoms with Crippen molar-refractivity contribution in [3.63, 3.8) is 0 Å². The second kappa shape index (κ2) is 5.83. The maximum absolute atomic E-state index is 11.9. The normalized spacial score (nSPS) is 20.4. The minimum atomic E-state index is -0.270. The molecule has 4 heteroatoms. The maximum atomic E-state index is 11.9. The molecule has 0 aromatic carbocycles. The second-order valence-corrected chi connectivity index (χ2v) is 5.86. The summed E-state index contributed by atoms with van der Waals surface area (Å²) in [6, 6.07) is 0. The highest BCUT2D eigenvalue weighted by Gasteiger charge is 2.26. The number of piperidine rings is 1. The SMILES string of the molecule is CC(O)C1CCN(C(=O)COC(C)(C)C)CC1. The van der Waals surface area contributed by atoms with Gasteiger partial charge in [-0.1, -0.05) is 0 Å². The molecule has 1 rings (SSSR count). The Hall–Kier alpha value is -0.610. The first kappa shape index (κ1) is 14.5. The van der Waals surface area contributed by atoms with Gasteiger partial charge in [0.1, 0.15) is 6.61 Å². The Balaban J connectivity index is 2.31. The van der Waals surface area contributed by atoms with Gasteiger partial charge in [0.15, 0.2) is 0 Å². The van der Waals surface area contributed by atoms with Gasteiger partial charge in [-0.05, 0) is 46.5 Å². The predicted molar refractivity (Wildman–Crippen MR) is 66.7 cm³/mol. The summed E-state index contributed by atoms with van der Waals surface area (Å²) < 4.78 is 5.48. The lowest BCUT2D eigenvalue weighted by Crippen LogP contribution is -2.43. The van der Waals surface area contributed by atoms with E-state index in [1.165, 1.54) is 0 Å². The first-order chi connectivity index (χ1) is 7.79. The van der Waals surface area contributed by atoms with Gasteiger partial charge in [0, 0.05) is 13.1 Å². The van der Waals surface area contributed by atoms with Crippen molar-refractivity contribution in [3.8, 4) is 0 Å². The van der Waals surface area contributed by atoms with Gasteiger partial charge in [0.2, 0.25) is 5.91 Å². The van der Waals surface area contributed by atoms with E-state index < -0.39 is 0 Å². The average Bonchev–Trinajstić information content (AvgIpc) is 2.25. The van der Waals surface area contributed by atoms with Crippen molar-refractivity contribution < 1.29 is 14.6 Å². The van der Waals surface area contributed by atoms with Crippen molar-refractivity contribution in [1.82, 2.24) is 4.90 Å². The Morgan fingerprint density at radius 2 is 1.94 bits per heavy atom. The Labute approximate surface area is 104 Å². The smallest absolute Gasteiger partial charge is 0.248 e. The van der Waals surface area contributed by atoms with Gasteiger partial charge in [0.05, 0.1) is 11.7 Å². The maximum Gasteiger partial charge on any atom is 0.248 e. The molecular formula is C13H25NO3. The van der Waals surface area contributed by atoms with E-state index in [0.717, 1.165) is 25.9 Å². The molecule has 1 heterocycles. The molecule has 1 aliphatic rings. The fourth-order valence-corrected chi connectivity index (χ4v) is 2.00. The molecule has 0 bridgehead atoms. The van der Waals surface area contributed by atoms with Crippen molar-refractivity contribution in [2.45, 2.75) is 52.2 Å². The Bertz CT molecular complexity index is 250. The van der Waals surface area contributed by atoms with Crippen LogP contribution in [-0.2, 0) is 9.53 Å². The topological polar surface area (TPSA) is 49.8 Å². The van der Waals surface area contributed by atoms with Crippen molar-refractivity contribution in [3.05, 3.63) is 0 Å². The van der Waals surface area contributed by atoms with Crippen LogP contribution < -0.4 is 0 Å². The standard InChI is InChI=1S/C13H25NO3/c1-10(15)11-5-7-14(8-6-11)12(16)9-17-13(2,3)4/h10-11,15H,5-9H2,1-4H3. The summed E-state index contributed by atoms with van der Waals surface area (Å²) in [5.41, 5.74) is -0.270. The van der Waals surface area contributed by atoms with Gasteiger partial charge in [-0.15, -0.1) is 0 Å². The van der Waals surface area contributed by atoms with E-state index in [1.54, 1.807) is 0 Å². The molecular weight excluding hydrogens is 218 g/mol. The number of rotatable bonds is 3. The summed E-state index contributed by atoms with van der Waals surface area (Å²) in [5.74, 6) is 0.395. The van der Waals surface area contributed by atoms with Crippen molar-refractivity contribution in [2.75, 3.05) is 19.7 Å². The van der Waals surface area contributed by atoms with E-state index in [-0.39, 0.29) is 24.2 Å². The molecule has 100 valence electrons. The molecule has 1 amide bonds. The molecule has 0 spiro atoms. The number of hydrogen-bond donors (Lipinski definition) is 1. The van der Waals surface area contributed by atoms with Crippen LogP contribution in [-0.4, -0.2) is 47.3 Å². The van der Waals surface area contributed by atoms with Crippen LogP contribution in [0.15, 0.2) is 0 Å². The van der Waals surface area contributed by atoms with E-state index >= 15 is 0 Å². The number of aliphatic hydroxyl groups excluding tert-OH is 1. The zero-order valence-electron chi connectivity index (χ0n) is 11.4. The number of carbonyl (C=O) groups excluding carboxylic acids is 1. The second-order valence-electron chi connectivity index (χ2n) is 5.86. The molecule has 0 radical (unpaired) electrons. The monoisotopic (exact) mass is 243 g/mol. The lowest BCUT2D eigenvalue weighted by Gasteiger charge is -2.33. The summed E-state index contributed by atoms with van der Waals surface area (Å²) in [6.45, 7) is 9.29. The third-order valence-corrected chi connectivity index (χ3v) is 3.20. The molecule has 1 saturated heterocycles. The summed E-state index contributed by atoms with van der Waals surface area (Å²) in [7, 11) is 0. The molecule has 0 aliphatic carbocycles. The van der Waals surface area contributed by atoms with Gasteiger partial charge < -0.3 is 14.7 Å². The first-order valence-electron chi connectivity index (χ1n) is 6.39. The summed E-state index contributed by atoms with van der Waals surface area (Å²) in [5, 5.41) is 9.48. The zero-order valence-corrected chi connectivity index (χ0v) is 11.4. The third kappa shape index (κ3) is 5.04. The van der Waals surface area contributed by atoms with E-state index in [2.05, 4.69) is 0 Å². The molecule has 1 unspecified atom stereocenters. The van der Waals surface area contributed by atoms with Gasteiger partial charge in [-0.3, -0.25) is 4.79 Å². The van der Waals surface area contributed by atoms with Gasteiger partial charge in [-0.25, -0.2) is 0 Å². The van der Waals surface area contributed by atoms with Crippen LogP contribution in [0.5, 0.6) is 0 Å². The van der Waals surface area contributed by atoms with Crippen molar-refractivity contribution >= 4 is 5.91 Å². The first-order valence-corrected chi connectivity index (χ1v) is 6.39. The van der Waals surface area contributed by atoms with Gasteiger partial charge in [0.25, 0.3) is 0 Å². The zero-order chi connectivity index (χ0) is 13.1. The van der Waals surface area contributed by atoms with Crippen LogP contribution in [0.2, 0.25) is 0 Å². The van der Waals surface area contributed by atoms with Crippen LogP contribution in [0.25, 0.3) is 0 Å². The number of amides is 1. The van der Waals surface area contributed by atoms with Crippen LogP contribution >= 0.6 is 0 Å². The number of aliphatic hydroxyl groups is 1. The van der Waals surface area contributed by atoms with E-state index in [1.807, 2.05) is 32.6 Å². The number of carbonyl (C=O) groups is 1. The van der Waals surface area contributed by atoms with Gasteiger partial charge >= 0.3 is 0 Å². The molecule has 4 nitrogen and oxygen atoms in total. The molecule has 1 aliphatic heterocycles. The molecule has 0 saturated carbocycles.